The van der Waals surface area contributed by atoms with Crippen molar-refractivity contribution in [3.05, 3.63) is 0 Å². The van der Waals surface area contributed by atoms with Crippen molar-refractivity contribution in [3.63, 3.8) is 0 Å². The minimum atomic E-state index is 0.0119. The number of carbonyl (C=O) groups is 2. The van der Waals surface area contributed by atoms with Crippen LogP contribution in [-0.2, 0) is 9.59 Å². The number of nitrogens with one attached hydrogen (secondary N) is 2. The maximum absolute atomic E-state index is 12.0. The molecule has 2 atom stereocenters. The monoisotopic (exact) mass is 267 g/mol. The molecule has 108 valence electrons. The fourth-order valence-corrected chi connectivity index (χ4v) is 2.92. The van der Waals surface area contributed by atoms with Crippen LogP contribution < -0.4 is 10.6 Å². The molecule has 0 radical (unpaired) electrons. The highest BCUT2D eigenvalue weighted by Crippen LogP contribution is 2.15. The Morgan fingerprint density at radius 2 is 1.95 bits per heavy atom. The van der Waals surface area contributed by atoms with Crippen molar-refractivity contribution in [2.75, 3.05) is 32.7 Å². The van der Waals surface area contributed by atoms with Crippen LogP contribution in [0.4, 0.5) is 0 Å². The van der Waals surface area contributed by atoms with Gasteiger partial charge >= 0.3 is 0 Å². The zero-order valence-electron chi connectivity index (χ0n) is 11.8. The van der Waals surface area contributed by atoms with Crippen LogP contribution in [0.3, 0.4) is 0 Å². The van der Waals surface area contributed by atoms with Gasteiger partial charge in [0.15, 0.2) is 0 Å². The topological polar surface area (TPSA) is 61.4 Å². The van der Waals surface area contributed by atoms with Crippen LogP contribution in [0.1, 0.15) is 32.6 Å². The standard InChI is InChI=1S/C14H25N3O2/c1-11-7-12(9-15-8-11)14(19)16-10-13(18)17-5-3-2-4-6-17/h11-12,15H,2-10H2,1H3,(H,16,19). The summed E-state index contributed by atoms with van der Waals surface area (Å²) >= 11 is 0. The van der Waals surface area contributed by atoms with Crippen molar-refractivity contribution in [2.45, 2.75) is 32.6 Å². The third-order valence-corrected chi connectivity index (χ3v) is 4.06. The maximum Gasteiger partial charge on any atom is 0.241 e. The van der Waals surface area contributed by atoms with E-state index in [0.29, 0.717) is 5.92 Å². The first-order chi connectivity index (χ1) is 9.16. The highest BCUT2D eigenvalue weighted by molar-refractivity contribution is 5.86. The van der Waals surface area contributed by atoms with E-state index in [2.05, 4.69) is 17.6 Å². The fraction of sp³-hybridized carbons (Fsp3) is 0.857. The molecule has 2 aliphatic rings. The van der Waals surface area contributed by atoms with Crippen molar-refractivity contribution < 1.29 is 9.59 Å². The van der Waals surface area contributed by atoms with Gasteiger partial charge in [-0.05, 0) is 38.1 Å². The molecule has 5 heteroatoms. The van der Waals surface area contributed by atoms with E-state index in [9.17, 15) is 9.59 Å². The van der Waals surface area contributed by atoms with Crippen LogP contribution in [0.2, 0.25) is 0 Å². The van der Waals surface area contributed by atoms with E-state index in [4.69, 9.17) is 0 Å². The van der Waals surface area contributed by atoms with Crippen LogP contribution >= 0.6 is 0 Å². The van der Waals surface area contributed by atoms with Gasteiger partial charge < -0.3 is 15.5 Å². The molecule has 2 N–H and O–H groups in total. The Morgan fingerprint density at radius 3 is 2.63 bits per heavy atom. The van der Waals surface area contributed by atoms with E-state index in [1.165, 1.54) is 6.42 Å². The summed E-state index contributed by atoms with van der Waals surface area (Å²) in [5, 5.41) is 6.06. The van der Waals surface area contributed by atoms with E-state index in [-0.39, 0.29) is 24.3 Å². The highest BCUT2D eigenvalue weighted by Gasteiger charge is 2.25. The molecule has 0 bridgehead atoms. The summed E-state index contributed by atoms with van der Waals surface area (Å²) in [5.41, 5.74) is 0. The summed E-state index contributed by atoms with van der Waals surface area (Å²) in [6.45, 7) is 5.70. The number of nitrogens with zero attached hydrogens (tertiary/aromatic N) is 1. The van der Waals surface area contributed by atoms with Gasteiger partial charge in [-0.25, -0.2) is 0 Å². The SMILES string of the molecule is CC1CNCC(C(=O)NCC(=O)N2CCCCC2)C1. The molecule has 0 aromatic heterocycles. The summed E-state index contributed by atoms with van der Waals surface area (Å²) in [5.74, 6) is 0.620. The zero-order chi connectivity index (χ0) is 13.7. The van der Waals surface area contributed by atoms with Crippen molar-refractivity contribution in [2.24, 2.45) is 11.8 Å². The molecule has 0 aromatic rings. The molecular formula is C14H25N3O2. The van der Waals surface area contributed by atoms with E-state index in [1.54, 1.807) is 0 Å². The Bertz CT molecular complexity index is 327. The molecular weight excluding hydrogens is 242 g/mol. The van der Waals surface area contributed by atoms with Gasteiger partial charge in [0.25, 0.3) is 0 Å². The minimum absolute atomic E-state index is 0.0119. The number of hydrogen-bond donors (Lipinski definition) is 2. The van der Waals surface area contributed by atoms with Gasteiger partial charge in [-0.1, -0.05) is 6.92 Å². The van der Waals surface area contributed by atoms with Crippen molar-refractivity contribution in [3.8, 4) is 0 Å². The predicted molar refractivity (Wildman–Crippen MR) is 73.6 cm³/mol. The Labute approximate surface area is 115 Å². The van der Waals surface area contributed by atoms with Crippen LogP contribution in [0.15, 0.2) is 0 Å². The third kappa shape index (κ3) is 4.20. The molecule has 2 amide bonds. The molecule has 2 rings (SSSR count). The van der Waals surface area contributed by atoms with E-state index in [1.807, 2.05) is 4.90 Å². The Morgan fingerprint density at radius 1 is 1.21 bits per heavy atom. The first-order valence-electron chi connectivity index (χ1n) is 7.43. The molecule has 2 heterocycles. The smallest absolute Gasteiger partial charge is 0.241 e. The lowest BCUT2D eigenvalue weighted by Gasteiger charge is -2.28. The third-order valence-electron chi connectivity index (χ3n) is 4.06. The molecule has 19 heavy (non-hydrogen) atoms. The van der Waals surface area contributed by atoms with E-state index >= 15 is 0 Å². The first kappa shape index (κ1) is 14.3. The zero-order valence-corrected chi connectivity index (χ0v) is 11.8. The Balaban J connectivity index is 1.71. The molecule has 5 nitrogen and oxygen atoms in total. The molecule has 2 fully saturated rings. The average molecular weight is 267 g/mol. The van der Waals surface area contributed by atoms with Crippen molar-refractivity contribution in [1.82, 2.24) is 15.5 Å². The normalized spacial score (nSPS) is 27.9. The van der Waals surface area contributed by atoms with Gasteiger partial charge in [0, 0.05) is 19.6 Å². The molecule has 2 unspecified atom stereocenters. The van der Waals surface area contributed by atoms with Gasteiger partial charge in [-0.2, -0.15) is 0 Å². The van der Waals surface area contributed by atoms with Gasteiger partial charge in [-0.15, -0.1) is 0 Å². The van der Waals surface area contributed by atoms with Crippen LogP contribution in [0.25, 0.3) is 0 Å². The Kier molecular flexibility index (Phi) is 5.19. The summed E-state index contributed by atoms with van der Waals surface area (Å²) in [6, 6.07) is 0. The first-order valence-corrected chi connectivity index (χ1v) is 7.43. The number of piperidine rings is 2. The number of likely N-dealkylation sites (tertiary alicyclic amines) is 1. The molecule has 0 saturated carbocycles. The molecule has 2 aliphatic heterocycles. The number of amides is 2. The van der Waals surface area contributed by atoms with Gasteiger partial charge in [0.2, 0.25) is 11.8 Å². The van der Waals surface area contributed by atoms with Crippen LogP contribution in [-0.4, -0.2) is 49.4 Å². The Hall–Kier alpha value is -1.10. The molecule has 0 aliphatic carbocycles. The fourth-order valence-electron chi connectivity index (χ4n) is 2.92. The van der Waals surface area contributed by atoms with Crippen LogP contribution in [0.5, 0.6) is 0 Å². The summed E-state index contributed by atoms with van der Waals surface area (Å²) in [7, 11) is 0. The van der Waals surface area contributed by atoms with Crippen molar-refractivity contribution >= 4 is 11.8 Å². The molecule has 0 spiro atoms. The molecule has 2 saturated heterocycles. The number of carbonyl (C=O) groups excluding carboxylic acids is 2. The lowest BCUT2D eigenvalue weighted by molar-refractivity contribution is -0.134. The largest absolute Gasteiger partial charge is 0.347 e. The lowest BCUT2D eigenvalue weighted by Crippen LogP contribution is -2.47. The second-order valence-corrected chi connectivity index (χ2v) is 5.86. The maximum atomic E-state index is 12.0. The predicted octanol–water partition coefficient (Wildman–Crippen LogP) is 0.361. The quantitative estimate of drug-likeness (QED) is 0.776. The van der Waals surface area contributed by atoms with Gasteiger partial charge in [0.1, 0.15) is 0 Å². The second-order valence-electron chi connectivity index (χ2n) is 5.86. The minimum Gasteiger partial charge on any atom is -0.347 e. The lowest BCUT2D eigenvalue weighted by atomic mass is 9.91. The van der Waals surface area contributed by atoms with Crippen molar-refractivity contribution in [1.29, 1.82) is 0 Å². The van der Waals surface area contributed by atoms with Gasteiger partial charge in [0.05, 0.1) is 12.5 Å². The summed E-state index contributed by atoms with van der Waals surface area (Å²) in [4.78, 5) is 25.8. The number of hydrogen-bond acceptors (Lipinski definition) is 3. The summed E-state index contributed by atoms with van der Waals surface area (Å²) in [6.07, 6.45) is 4.30. The second kappa shape index (κ2) is 6.89. The summed E-state index contributed by atoms with van der Waals surface area (Å²) < 4.78 is 0. The van der Waals surface area contributed by atoms with Gasteiger partial charge in [-0.3, -0.25) is 9.59 Å². The van der Waals surface area contributed by atoms with E-state index < -0.39 is 0 Å². The highest BCUT2D eigenvalue weighted by atomic mass is 16.2. The van der Waals surface area contributed by atoms with Crippen LogP contribution in [0, 0.1) is 11.8 Å². The van der Waals surface area contributed by atoms with E-state index in [0.717, 1.165) is 45.4 Å². The number of rotatable bonds is 3. The average Bonchev–Trinajstić information content (AvgIpc) is 2.45. The molecule has 0 aromatic carbocycles.